The molecule has 0 radical (unpaired) electrons. The zero-order valence-corrected chi connectivity index (χ0v) is 14.8. The van der Waals surface area contributed by atoms with E-state index in [9.17, 15) is 18.8 Å². The van der Waals surface area contributed by atoms with Gasteiger partial charge in [-0.1, -0.05) is 0 Å². The number of nitrogens with zero attached hydrogens (tertiary/aromatic N) is 2. The van der Waals surface area contributed by atoms with Crippen molar-refractivity contribution in [2.75, 3.05) is 23.3 Å². The highest BCUT2D eigenvalue weighted by Gasteiger charge is 2.35. The number of anilines is 2. The molecule has 1 aliphatic rings. The highest BCUT2D eigenvalue weighted by molar-refractivity contribution is 7.13. The van der Waals surface area contributed by atoms with Crippen LogP contribution in [0.25, 0.3) is 0 Å². The smallest absolute Gasteiger partial charge is 0.245 e. The zero-order valence-electron chi connectivity index (χ0n) is 14.0. The molecule has 1 aromatic heterocycles. The van der Waals surface area contributed by atoms with E-state index in [1.165, 1.54) is 40.5 Å². The van der Waals surface area contributed by atoms with E-state index in [4.69, 9.17) is 0 Å². The Balaban J connectivity index is 1.51. The summed E-state index contributed by atoms with van der Waals surface area (Å²) < 4.78 is 13.0. The largest absolute Gasteiger partial charge is 0.347 e. The molecule has 0 aliphatic carbocycles. The number of aromatic nitrogens is 1. The van der Waals surface area contributed by atoms with Crippen molar-refractivity contribution in [1.82, 2.24) is 10.3 Å². The topological polar surface area (TPSA) is 91.4 Å². The molecule has 0 unspecified atom stereocenters. The van der Waals surface area contributed by atoms with Gasteiger partial charge in [0, 0.05) is 24.0 Å². The van der Waals surface area contributed by atoms with Crippen molar-refractivity contribution in [2.45, 2.75) is 13.3 Å². The van der Waals surface area contributed by atoms with Gasteiger partial charge in [0.05, 0.1) is 18.2 Å². The number of nitrogens with one attached hydrogen (secondary N) is 2. The Morgan fingerprint density at radius 1 is 1.35 bits per heavy atom. The summed E-state index contributed by atoms with van der Waals surface area (Å²) in [5.74, 6) is -1.90. The average molecular weight is 376 g/mol. The first kappa shape index (κ1) is 18.0. The van der Waals surface area contributed by atoms with Gasteiger partial charge in [0.1, 0.15) is 5.82 Å². The lowest BCUT2D eigenvalue weighted by atomic mass is 10.1. The van der Waals surface area contributed by atoms with Crippen LogP contribution in [0, 0.1) is 18.7 Å². The van der Waals surface area contributed by atoms with Crippen LogP contribution in [0.15, 0.2) is 29.6 Å². The number of halogens is 1. The van der Waals surface area contributed by atoms with Crippen LogP contribution in [0.1, 0.15) is 12.1 Å². The molecule has 0 bridgehead atoms. The normalized spacial score (nSPS) is 16.6. The molecule has 7 nitrogen and oxygen atoms in total. The number of rotatable bonds is 5. The molecule has 1 aromatic carbocycles. The third-order valence-corrected chi connectivity index (χ3v) is 4.80. The maximum atomic E-state index is 13.0. The fraction of sp³-hybridized carbons (Fsp3) is 0.294. The van der Waals surface area contributed by atoms with Crippen LogP contribution in [0.3, 0.4) is 0 Å². The first-order valence-corrected chi connectivity index (χ1v) is 8.86. The van der Waals surface area contributed by atoms with Crippen molar-refractivity contribution < 1.29 is 18.8 Å². The van der Waals surface area contributed by atoms with E-state index in [0.717, 1.165) is 5.69 Å². The van der Waals surface area contributed by atoms with Crippen LogP contribution in [0.5, 0.6) is 0 Å². The lowest BCUT2D eigenvalue weighted by Gasteiger charge is -2.16. The number of amides is 3. The Morgan fingerprint density at radius 2 is 2.08 bits per heavy atom. The second-order valence-corrected chi connectivity index (χ2v) is 6.80. The third kappa shape index (κ3) is 4.23. The van der Waals surface area contributed by atoms with Gasteiger partial charge in [-0.3, -0.25) is 14.4 Å². The second kappa shape index (κ2) is 7.61. The van der Waals surface area contributed by atoms with Crippen molar-refractivity contribution in [1.29, 1.82) is 0 Å². The minimum absolute atomic E-state index is 0.0521. The minimum atomic E-state index is -0.553. The van der Waals surface area contributed by atoms with Gasteiger partial charge in [0.2, 0.25) is 17.7 Å². The molecule has 26 heavy (non-hydrogen) atoms. The van der Waals surface area contributed by atoms with Gasteiger partial charge in [-0.2, -0.15) is 0 Å². The predicted molar refractivity (Wildman–Crippen MR) is 95.4 cm³/mol. The lowest BCUT2D eigenvalue weighted by Crippen LogP contribution is -2.37. The molecule has 1 saturated heterocycles. The first-order valence-electron chi connectivity index (χ1n) is 7.98. The van der Waals surface area contributed by atoms with E-state index in [-0.39, 0.29) is 37.2 Å². The second-order valence-electron chi connectivity index (χ2n) is 5.94. The third-order valence-electron chi connectivity index (χ3n) is 3.92. The van der Waals surface area contributed by atoms with E-state index in [1.807, 2.05) is 12.3 Å². The summed E-state index contributed by atoms with van der Waals surface area (Å²) in [6.45, 7) is 1.82. The summed E-state index contributed by atoms with van der Waals surface area (Å²) in [5, 5.41) is 7.42. The van der Waals surface area contributed by atoms with E-state index in [1.54, 1.807) is 0 Å². The monoisotopic (exact) mass is 376 g/mol. The van der Waals surface area contributed by atoms with Crippen LogP contribution in [-0.2, 0) is 14.4 Å². The number of hydrogen-bond donors (Lipinski definition) is 2. The Morgan fingerprint density at radius 3 is 2.73 bits per heavy atom. The molecule has 3 rings (SSSR count). The fourth-order valence-electron chi connectivity index (χ4n) is 2.64. The molecular weight excluding hydrogens is 359 g/mol. The van der Waals surface area contributed by atoms with Gasteiger partial charge in [-0.05, 0) is 31.2 Å². The maximum Gasteiger partial charge on any atom is 0.245 e. The van der Waals surface area contributed by atoms with Crippen molar-refractivity contribution in [3.05, 3.63) is 41.2 Å². The minimum Gasteiger partial charge on any atom is -0.347 e. The molecule has 136 valence electrons. The Labute approximate surface area is 153 Å². The van der Waals surface area contributed by atoms with E-state index in [2.05, 4.69) is 15.6 Å². The molecule has 9 heteroatoms. The number of carbonyl (C=O) groups excluding carboxylic acids is 3. The number of thiazole rings is 1. The molecule has 2 N–H and O–H groups in total. The summed E-state index contributed by atoms with van der Waals surface area (Å²) >= 11 is 1.30. The van der Waals surface area contributed by atoms with Gasteiger partial charge < -0.3 is 15.5 Å². The molecule has 1 aliphatic heterocycles. The summed E-state index contributed by atoms with van der Waals surface area (Å²) in [5.41, 5.74) is 1.35. The van der Waals surface area contributed by atoms with Crippen LogP contribution in [0.4, 0.5) is 15.2 Å². The summed E-state index contributed by atoms with van der Waals surface area (Å²) in [7, 11) is 0. The summed E-state index contributed by atoms with van der Waals surface area (Å²) in [6, 6.07) is 5.52. The number of aryl methyl sites for hydroxylation is 1. The van der Waals surface area contributed by atoms with Crippen molar-refractivity contribution in [3.63, 3.8) is 0 Å². The average Bonchev–Trinajstić information content (AvgIpc) is 3.19. The number of carbonyl (C=O) groups is 3. The summed E-state index contributed by atoms with van der Waals surface area (Å²) in [4.78, 5) is 41.8. The SMILES string of the molecule is Cc1csc(NC(=O)CNC(=O)[C@H]2CC(=O)N(c3ccc(F)cc3)C2)n1. The summed E-state index contributed by atoms with van der Waals surface area (Å²) in [6.07, 6.45) is 0.0521. The molecule has 1 atom stereocenters. The zero-order chi connectivity index (χ0) is 18.7. The van der Waals surface area contributed by atoms with Gasteiger partial charge in [0.15, 0.2) is 5.13 Å². The molecular formula is C17H17FN4O3S. The van der Waals surface area contributed by atoms with Crippen molar-refractivity contribution >= 4 is 39.9 Å². The number of hydrogen-bond acceptors (Lipinski definition) is 5. The van der Waals surface area contributed by atoms with Gasteiger partial charge in [0.25, 0.3) is 0 Å². The molecule has 0 spiro atoms. The fourth-order valence-corrected chi connectivity index (χ4v) is 3.34. The quantitative estimate of drug-likeness (QED) is 0.831. The molecule has 3 amide bonds. The Bertz CT molecular complexity index is 837. The van der Waals surface area contributed by atoms with E-state index in [0.29, 0.717) is 10.8 Å². The molecule has 1 fully saturated rings. The van der Waals surface area contributed by atoms with Crippen molar-refractivity contribution in [2.24, 2.45) is 5.92 Å². The lowest BCUT2D eigenvalue weighted by molar-refractivity contribution is -0.127. The highest BCUT2D eigenvalue weighted by Crippen LogP contribution is 2.25. The van der Waals surface area contributed by atoms with Crippen molar-refractivity contribution in [3.8, 4) is 0 Å². The Hall–Kier alpha value is -2.81. The molecule has 0 saturated carbocycles. The predicted octanol–water partition coefficient (Wildman–Crippen LogP) is 1.70. The van der Waals surface area contributed by atoms with Crippen LogP contribution >= 0.6 is 11.3 Å². The van der Waals surface area contributed by atoms with Gasteiger partial charge in [-0.15, -0.1) is 11.3 Å². The van der Waals surface area contributed by atoms with Crippen LogP contribution in [-0.4, -0.2) is 35.8 Å². The van der Waals surface area contributed by atoms with Crippen LogP contribution in [0.2, 0.25) is 0 Å². The van der Waals surface area contributed by atoms with Crippen LogP contribution < -0.4 is 15.5 Å². The Kier molecular flexibility index (Phi) is 5.27. The first-order chi connectivity index (χ1) is 12.4. The maximum absolute atomic E-state index is 13.0. The van der Waals surface area contributed by atoms with Gasteiger partial charge in [-0.25, -0.2) is 9.37 Å². The highest BCUT2D eigenvalue weighted by atomic mass is 32.1. The number of benzene rings is 1. The van der Waals surface area contributed by atoms with E-state index >= 15 is 0 Å². The standard InChI is InChI=1S/C17H17FN4O3S/c1-10-9-26-17(20-10)21-14(23)7-19-16(25)11-6-15(24)22(8-11)13-4-2-12(18)3-5-13/h2-5,9,11H,6-8H2,1H3,(H,19,25)(H,20,21,23)/t11-/m0/s1. The molecule has 2 aromatic rings. The molecule has 2 heterocycles. The van der Waals surface area contributed by atoms with E-state index < -0.39 is 11.7 Å². The van der Waals surface area contributed by atoms with Gasteiger partial charge >= 0.3 is 0 Å².